The number of hydrogen-bond acceptors (Lipinski definition) is 5. The molecular weight excluding hydrogens is 350 g/mol. The number of ether oxygens (including phenoxy) is 1. The summed E-state index contributed by atoms with van der Waals surface area (Å²) in [7, 11) is 0. The van der Waals surface area contributed by atoms with E-state index >= 15 is 0 Å². The second kappa shape index (κ2) is 8.53. The first kappa shape index (κ1) is 18.0. The summed E-state index contributed by atoms with van der Waals surface area (Å²) in [5.74, 6) is 0.164. The van der Waals surface area contributed by atoms with Gasteiger partial charge in [-0.1, -0.05) is 23.9 Å². The molecule has 0 unspecified atom stereocenters. The van der Waals surface area contributed by atoms with E-state index in [4.69, 9.17) is 4.74 Å². The van der Waals surface area contributed by atoms with Crippen molar-refractivity contribution in [3.63, 3.8) is 0 Å². The number of amides is 1. The fraction of sp³-hybridized carbons (Fsp3) is 0.211. The van der Waals surface area contributed by atoms with E-state index in [1.807, 2.05) is 24.3 Å². The van der Waals surface area contributed by atoms with Crippen LogP contribution in [0.1, 0.15) is 23.7 Å². The first-order chi connectivity index (χ1) is 12.7. The van der Waals surface area contributed by atoms with Crippen molar-refractivity contribution in [3.05, 3.63) is 54.1 Å². The first-order valence-corrected chi connectivity index (χ1v) is 9.29. The normalized spacial score (nSPS) is 10.7. The van der Waals surface area contributed by atoms with E-state index in [-0.39, 0.29) is 11.9 Å². The highest BCUT2D eigenvalue weighted by atomic mass is 32.2. The maximum Gasteiger partial charge on any atom is 0.338 e. The van der Waals surface area contributed by atoms with Crippen molar-refractivity contribution in [2.45, 2.75) is 18.5 Å². The number of para-hydroxylation sites is 2. The lowest BCUT2D eigenvalue weighted by Crippen LogP contribution is -2.12. The number of aromatic amines is 1. The molecule has 0 aliphatic heterocycles. The molecule has 0 radical (unpaired) electrons. The molecule has 1 amide bonds. The van der Waals surface area contributed by atoms with Crippen LogP contribution in [0.4, 0.5) is 5.69 Å². The lowest BCUT2D eigenvalue weighted by atomic mass is 10.2. The quantitative estimate of drug-likeness (QED) is 0.488. The average molecular weight is 369 g/mol. The van der Waals surface area contributed by atoms with Gasteiger partial charge in [0.1, 0.15) is 0 Å². The van der Waals surface area contributed by atoms with Crippen molar-refractivity contribution in [3.8, 4) is 0 Å². The number of hydrogen-bond donors (Lipinski definition) is 2. The van der Waals surface area contributed by atoms with Gasteiger partial charge in [0.05, 0.1) is 23.2 Å². The molecule has 2 N–H and O–H groups in total. The number of nitrogens with zero attached hydrogens (tertiary/aromatic N) is 1. The van der Waals surface area contributed by atoms with Crippen molar-refractivity contribution in [2.24, 2.45) is 0 Å². The molecule has 7 heteroatoms. The molecule has 2 aromatic carbocycles. The number of thioether (sulfide) groups is 1. The van der Waals surface area contributed by atoms with Crippen LogP contribution in [0.3, 0.4) is 0 Å². The standard InChI is InChI=1S/C19H19N3O3S/c1-2-25-18(24)13-7-9-14(10-8-13)20-17(23)11-12-26-19-21-15-5-3-4-6-16(15)22-19/h3-10H,2,11-12H2,1H3,(H,20,23)(H,21,22). The second-order valence-electron chi connectivity index (χ2n) is 5.50. The Bertz CT molecular complexity index is 873. The van der Waals surface area contributed by atoms with Gasteiger partial charge in [-0.15, -0.1) is 0 Å². The fourth-order valence-electron chi connectivity index (χ4n) is 2.37. The van der Waals surface area contributed by atoms with E-state index < -0.39 is 0 Å². The maximum atomic E-state index is 12.0. The Hall–Kier alpha value is -2.80. The number of carbonyl (C=O) groups is 2. The van der Waals surface area contributed by atoms with Crippen LogP contribution in [0.5, 0.6) is 0 Å². The number of aromatic nitrogens is 2. The number of anilines is 1. The molecule has 3 rings (SSSR count). The van der Waals surface area contributed by atoms with Crippen molar-refractivity contribution < 1.29 is 14.3 Å². The molecule has 134 valence electrons. The van der Waals surface area contributed by atoms with Crippen molar-refractivity contribution in [1.82, 2.24) is 9.97 Å². The molecule has 0 saturated carbocycles. The Morgan fingerprint density at radius 3 is 2.65 bits per heavy atom. The Morgan fingerprint density at radius 1 is 1.15 bits per heavy atom. The fourth-order valence-corrected chi connectivity index (χ4v) is 3.19. The molecular formula is C19H19N3O3S. The van der Waals surface area contributed by atoms with Gasteiger partial charge in [-0.2, -0.15) is 0 Å². The van der Waals surface area contributed by atoms with E-state index in [1.165, 1.54) is 11.8 Å². The summed E-state index contributed by atoms with van der Waals surface area (Å²) in [6.45, 7) is 2.09. The summed E-state index contributed by atoms with van der Waals surface area (Å²) in [4.78, 5) is 31.3. The lowest BCUT2D eigenvalue weighted by molar-refractivity contribution is -0.115. The third-order valence-corrected chi connectivity index (χ3v) is 4.49. The Labute approximate surface area is 155 Å². The molecule has 26 heavy (non-hydrogen) atoms. The largest absolute Gasteiger partial charge is 0.462 e. The van der Waals surface area contributed by atoms with Gasteiger partial charge in [0, 0.05) is 17.9 Å². The van der Waals surface area contributed by atoms with Crippen LogP contribution >= 0.6 is 11.8 Å². The number of rotatable bonds is 7. The molecule has 0 saturated heterocycles. The minimum absolute atomic E-state index is 0.0857. The molecule has 0 atom stereocenters. The Kier molecular flexibility index (Phi) is 5.91. The zero-order chi connectivity index (χ0) is 18.4. The number of nitrogens with one attached hydrogen (secondary N) is 2. The molecule has 0 aliphatic rings. The van der Waals surface area contributed by atoms with Gasteiger partial charge in [-0.25, -0.2) is 9.78 Å². The van der Waals surface area contributed by atoms with E-state index in [9.17, 15) is 9.59 Å². The topological polar surface area (TPSA) is 84.1 Å². The second-order valence-corrected chi connectivity index (χ2v) is 6.59. The SMILES string of the molecule is CCOC(=O)c1ccc(NC(=O)CCSc2nc3ccccc3[nH]2)cc1. The van der Waals surface area contributed by atoms with Crippen LogP contribution < -0.4 is 5.32 Å². The molecule has 0 bridgehead atoms. The van der Waals surface area contributed by atoms with Crippen LogP contribution in [0.15, 0.2) is 53.7 Å². The zero-order valence-electron chi connectivity index (χ0n) is 14.3. The number of fused-ring (bicyclic) bond motifs is 1. The van der Waals surface area contributed by atoms with E-state index in [2.05, 4.69) is 15.3 Å². The third-order valence-electron chi connectivity index (χ3n) is 3.62. The van der Waals surface area contributed by atoms with E-state index in [1.54, 1.807) is 31.2 Å². The molecule has 1 aromatic heterocycles. The summed E-state index contributed by atoms with van der Waals surface area (Å²) < 4.78 is 4.93. The Balaban J connectivity index is 1.47. The maximum absolute atomic E-state index is 12.0. The molecule has 0 aliphatic carbocycles. The van der Waals surface area contributed by atoms with Gasteiger partial charge in [0.2, 0.25) is 5.91 Å². The highest BCUT2D eigenvalue weighted by Gasteiger charge is 2.08. The highest BCUT2D eigenvalue weighted by Crippen LogP contribution is 2.20. The third kappa shape index (κ3) is 4.64. The van der Waals surface area contributed by atoms with Crippen LogP contribution in [-0.2, 0) is 9.53 Å². The van der Waals surface area contributed by atoms with Crippen molar-refractivity contribution in [1.29, 1.82) is 0 Å². The molecule has 0 fully saturated rings. The van der Waals surface area contributed by atoms with E-state index in [0.717, 1.165) is 16.2 Å². The summed E-state index contributed by atoms with van der Waals surface area (Å²) in [6.07, 6.45) is 0.362. The minimum atomic E-state index is -0.368. The van der Waals surface area contributed by atoms with E-state index in [0.29, 0.717) is 30.0 Å². The van der Waals surface area contributed by atoms with Gasteiger partial charge in [0.25, 0.3) is 0 Å². The summed E-state index contributed by atoms with van der Waals surface area (Å²) in [6, 6.07) is 14.5. The minimum Gasteiger partial charge on any atom is -0.462 e. The number of esters is 1. The predicted molar refractivity (Wildman–Crippen MR) is 102 cm³/mol. The molecule has 0 spiro atoms. The number of imidazole rings is 1. The monoisotopic (exact) mass is 369 g/mol. The summed E-state index contributed by atoms with van der Waals surface area (Å²) in [5.41, 5.74) is 3.02. The number of H-pyrrole nitrogens is 1. The summed E-state index contributed by atoms with van der Waals surface area (Å²) in [5, 5.41) is 3.62. The average Bonchev–Trinajstić information content (AvgIpc) is 3.05. The van der Waals surface area contributed by atoms with Crippen LogP contribution in [0, 0.1) is 0 Å². The predicted octanol–water partition coefficient (Wildman–Crippen LogP) is 3.86. The molecule has 6 nitrogen and oxygen atoms in total. The highest BCUT2D eigenvalue weighted by molar-refractivity contribution is 7.99. The first-order valence-electron chi connectivity index (χ1n) is 8.30. The van der Waals surface area contributed by atoms with Gasteiger partial charge >= 0.3 is 5.97 Å². The number of benzene rings is 2. The Morgan fingerprint density at radius 2 is 1.92 bits per heavy atom. The zero-order valence-corrected chi connectivity index (χ0v) is 15.1. The smallest absolute Gasteiger partial charge is 0.338 e. The van der Waals surface area contributed by atoms with Crippen molar-refractivity contribution in [2.75, 3.05) is 17.7 Å². The van der Waals surface area contributed by atoms with Crippen molar-refractivity contribution >= 4 is 40.4 Å². The molecule has 1 heterocycles. The molecule has 3 aromatic rings. The van der Waals surface area contributed by atoms with Gasteiger partial charge < -0.3 is 15.0 Å². The van der Waals surface area contributed by atoms with Crippen LogP contribution in [-0.4, -0.2) is 34.2 Å². The van der Waals surface area contributed by atoms with Gasteiger partial charge in [-0.05, 0) is 43.3 Å². The lowest BCUT2D eigenvalue weighted by Gasteiger charge is -2.06. The number of carbonyl (C=O) groups excluding carboxylic acids is 2. The summed E-state index contributed by atoms with van der Waals surface area (Å²) >= 11 is 1.51. The van der Waals surface area contributed by atoms with Gasteiger partial charge in [0.15, 0.2) is 5.16 Å². The van der Waals surface area contributed by atoms with Crippen LogP contribution in [0.25, 0.3) is 11.0 Å². The van der Waals surface area contributed by atoms with Gasteiger partial charge in [-0.3, -0.25) is 4.79 Å². The van der Waals surface area contributed by atoms with Crippen LogP contribution in [0.2, 0.25) is 0 Å².